The summed E-state index contributed by atoms with van der Waals surface area (Å²) in [5.41, 5.74) is 1.55. The van der Waals surface area contributed by atoms with Gasteiger partial charge in [-0.2, -0.15) is 0 Å². The third-order valence-corrected chi connectivity index (χ3v) is 5.83. The van der Waals surface area contributed by atoms with Crippen molar-refractivity contribution in [3.05, 3.63) is 106 Å². The van der Waals surface area contributed by atoms with Crippen LogP contribution in [0.25, 0.3) is 0 Å². The zero-order chi connectivity index (χ0) is 23.2. The molecule has 1 saturated heterocycles. The lowest BCUT2D eigenvalue weighted by atomic mass is 9.94. The molecule has 4 rings (SSSR count). The Hall–Kier alpha value is -4.07. The molecule has 2 atom stereocenters. The van der Waals surface area contributed by atoms with Gasteiger partial charge in [0.1, 0.15) is 6.04 Å². The predicted molar refractivity (Wildman–Crippen MR) is 122 cm³/mol. The first-order valence-electron chi connectivity index (χ1n) is 10.9. The average Bonchev–Trinajstić information content (AvgIpc) is 2.88. The van der Waals surface area contributed by atoms with E-state index >= 15 is 0 Å². The number of nitrogens with one attached hydrogen (secondary N) is 1. The Morgan fingerprint density at radius 3 is 2.61 bits per heavy atom. The van der Waals surface area contributed by atoms with Crippen molar-refractivity contribution in [2.45, 2.75) is 31.3 Å². The predicted octanol–water partition coefficient (Wildman–Crippen LogP) is 4.21. The number of nitro groups is 1. The van der Waals surface area contributed by atoms with Crippen LogP contribution in [0.2, 0.25) is 0 Å². The van der Waals surface area contributed by atoms with E-state index in [-0.39, 0.29) is 23.2 Å². The van der Waals surface area contributed by atoms with Gasteiger partial charge in [-0.3, -0.25) is 24.7 Å². The number of non-ortho nitro benzene ring substituents is 1. The van der Waals surface area contributed by atoms with Crippen molar-refractivity contribution in [2.24, 2.45) is 0 Å². The number of nitro benzene ring substituents is 1. The van der Waals surface area contributed by atoms with Crippen LogP contribution in [0.1, 0.15) is 52.8 Å². The fourth-order valence-corrected chi connectivity index (χ4v) is 4.19. The molecule has 0 bridgehead atoms. The Morgan fingerprint density at radius 1 is 1.06 bits per heavy atom. The SMILES string of the molecule is O=C(N[C@H](C(=O)N1CCCC[C@@H]1c1cccnc1)c1ccccc1)c1cccc([N+](=O)[O-])c1. The van der Waals surface area contributed by atoms with E-state index in [0.29, 0.717) is 12.1 Å². The van der Waals surface area contributed by atoms with Crippen molar-refractivity contribution in [3.8, 4) is 0 Å². The average molecular weight is 444 g/mol. The van der Waals surface area contributed by atoms with Gasteiger partial charge in [0.25, 0.3) is 11.6 Å². The van der Waals surface area contributed by atoms with Crippen LogP contribution in [0, 0.1) is 10.1 Å². The number of aromatic nitrogens is 1. The van der Waals surface area contributed by atoms with Crippen molar-refractivity contribution >= 4 is 17.5 Å². The van der Waals surface area contributed by atoms with E-state index in [2.05, 4.69) is 10.3 Å². The molecule has 0 saturated carbocycles. The second kappa shape index (κ2) is 10.0. The minimum Gasteiger partial charge on any atom is -0.336 e. The van der Waals surface area contributed by atoms with Crippen molar-refractivity contribution in [1.29, 1.82) is 0 Å². The van der Waals surface area contributed by atoms with Gasteiger partial charge >= 0.3 is 0 Å². The smallest absolute Gasteiger partial charge is 0.270 e. The molecule has 8 nitrogen and oxygen atoms in total. The molecule has 2 amide bonds. The molecular formula is C25H24N4O4. The number of carbonyl (C=O) groups is 2. The van der Waals surface area contributed by atoms with Crippen molar-refractivity contribution in [1.82, 2.24) is 15.2 Å². The monoisotopic (exact) mass is 444 g/mol. The van der Waals surface area contributed by atoms with Gasteiger partial charge in [0.2, 0.25) is 5.91 Å². The Labute approximate surface area is 191 Å². The van der Waals surface area contributed by atoms with E-state index in [1.807, 2.05) is 35.2 Å². The maximum Gasteiger partial charge on any atom is 0.270 e. The minimum atomic E-state index is -0.921. The molecule has 1 N–H and O–H groups in total. The molecular weight excluding hydrogens is 420 g/mol. The normalized spacial score (nSPS) is 16.6. The van der Waals surface area contributed by atoms with Gasteiger partial charge in [-0.05, 0) is 42.5 Å². The first-order chi connectivity index (χ1) is 16.0. The van der Waals surface area contributed by atoms with E-state index in [1.54, 1.807) is 24.5 Å². The van der Waals surface area contributed by atoms with Crippen LogP contribution in [-0.2, 0) is 4.79 Å². The summed E-state index contributed by atoms with van der Waals surface area (Å²) in [4.78, 5) is 43.4. The van der Waals surface area contributed by atoms with Gasteiger partial charge in [0.05, 0.1) is 11.0 Å². The van der Waals surface area contributed by atoms with Gasteiger partial charge in [-0.25, -0.2) is 0 Å². The van der Waals surface area contributed by atoms with E-state index in [1.165, 1.54) is 24.3 Å². The van der Waals surface area contributed by atoms with Crippen LogP contribution in [-0.4, -0.2) is 33.2 Å². The summed E-state index contributed by atoms with van der Waals surface area (Å²) in [5.74, 6) is -0.760. The molecule has 0 spiro atoms. The molecule has 2 heterocycles. The van der Waals surface area contributed by atoms with Crippen molar-refractivity contribution in [2.75, 3.05) is 6.54 Å². The largest absolute Gasteiger partial charge is 0.336 e. The van der Waals surface area contributed by atoms with Crippen LogP contribution < -0.4 is 5.32 Å². The standard InChI is InChI=1S/C25H24N4O4/c30-24(19-10-6-12-21(16-19)29(32)33)27-23(18-8-2-1-3-9-18)25(31)28-15-5-4-13-22(28)20-11-7-14-26-17-20/h1-3,6-12,14,16-17,22-23H,4-5,13,15H2,(H,27,30)/t22-,23+/m1/s1. The molecule has 2 aromatic carbocycles. The highest BCUT2D eigenvalue weighted by Gasteiger charge is 2.34. The Morgan fingerprint density at radius 2 is 1.88 bits per heavy atom. The molecule has 168 valence electrons. The van der Waals surface area contributed by atoms with Crippen LogP contribution in [0.15, 0.2) is 79.1 Å². The first-order valence-corrected chi connectivity index (χ1v) is 10.9. The maximum absolute atomic E-state index is 13.8. The van der Waals surface area contributed by atoms with E-state index in [4.69, 9.17) is 0 Å². The Kier molecular flexibility index (Phi) is 6.73. The number of likely N-dealkylation sites (tertiary alicyclic amines) is 1. The third-order valence-electron chi connectivity index (χ3n) is 5.83. The lowest BCUT2D eigenvalue weighted by Gasteiger charge is -2.38. The number of pyridine rings is 1. The first kappa shape index (κ1) is 22.1. The van der Waals surface area contributed by atoms with Crippen molar-refractivity contribution < 1.29 is 14.5 Å². The van der Waals surface area contributed by atoms with E-state index < -0.39 is 16.9 Å². The summed E-state index contributed by atoms with van der Waals surface area (Å²) < 4.78 is 0. The van der Waals surface area contributed by atoms with E-state index in [0.717, 1.165) is 24.8 Å². The molecule has 0 radical (unpaired) electrons. The van der Waals surface area contributed by atoms with Gasteiger partial charge < -0.3 is 10.2 Å². The molecule has 1 aliphatic heterocycles. The number of rotatable bonds is 6. The van der Waals surface area contributed by atoms with Gasteiger partial charge in [-0.15, -0.1) is 0 Å². The van der Waals surface area contributed by atoms with Crippen LogP contribution in [0.5, 0.6) is 0 Å². The molecule has 8 heteroatoms. The number of piperidine rings is 1. The quantitative estimate of drug-likeness (QED) is 0.453. The number of carbonyl (C=O) groups excluding carboxylic acids is 2. The Bertz CT molecular complexity index is 1140. The summed E-state index contributed by atoms with van der Waals surface area (Å²) in [5, 5.41) is 13.9. The summed E-state index contributed by atoms with van der Waals surface area (Å²) in [7, 11) is 0. The van der Waals surface area contributed by atoms with Crippen LogP contribution in [0.3, 0.4) is 0 Å². The number of hydrogen-bond acceptors (Lipinski definition) is 5. The van der Waals surface area contributed by atoms with E-state index in [9.17, 15) is 19.7 Å². The van der Waals surface area contributed by atoms with Crippen LogP contribution >= 0.6 is 0 Å². The van der Waals surface area contributed by atoms with Crippen molar-refractivity contribution in [3.63, 3.8) is 0 Å². The number of nitrogens with zero attached hydrogens (tertiary/aromatic N) is 3. The fraction of sp³-hybridized carbons (Fsp3) is 0.240. The van der Waals surface area contributed by atoms with Gasteiger partial charge in [0, 0.05) is 36.6 Å². The van der Waals surface area contributed by atoms with Gasteiger partial charge in [0.15, 0.2) is 0 Å². The molecule has 33 heavy (non-hydrogen) atoms. The van der Waals surface area contributed by atoms with Crippen LogP contribution in [0.4, 0.5) is 5.69 Å². The number of amides is 2. The summed E-state index contributed by atoms with van der Waals surface area (Å²) in [6.07, 6.45) is 6.17. The highest BCUT2D eigenvalue weighted by molar-refractivity contribution is 5.98. The molecule has 0 unspecified atom stereocenters. The number of hydrogen-bond donors (Lipinski definition) is 1. The third kappa shape index (κ3) is 5.06. The highest BCUT2D eigenvalue weighted by atomic mass is 16.6. The maximum atomic E-state index is 13.8. The Balaban J connectivity index is 1.64. The summed E-state index contributed by atoms with van der Waals surface area (Å²) in [6.45, 7) is 0.578. The summed E-state index contributed by atoms with van der Waals surface area (Å²) in [6, 6.07) is 17.3. The zero-order valence-electron chi connectivity index (χ0n) is 18.0. The lowest BCUT2D eigenvalue weighted by molar-refractivity contribution is -0.384. The minimum absolute atomic E-state index is 0.124. The highest BCUT2D eigenvalue weighted by Crippen LogP contribution is 2.33. The summed E-state index contributed by atoms with van der Waals surface area (Å²) >= 11 is 0. The zero-order valence-corrected chi connectivity index (χ0v) is 18.0. The molecule has 1 fully saturated rings. The molecule has 1 aliphatic rings. The second-order valence-electron chi connectivity index (χ2n) is 7.95. The van der Waals surface area contributed by atoms with Gasteiger partial charge in [-0.1, -0.05) is 42.5 Å². The molecule has 0 aliphatic carbocycles. The fourth-order valence-electron chi connectivity index (χ4n) is 4.19. The second-order valence-corrected chi connectivity index (χ2v) is 7.95. The molecule has 1 aromatic heterocycles. The number of benzene rings is 2. The topological polar surface area (TPSA) is 105 Å². The lowest BCUT2D eigenvalue weighted by Crippen LogP contribution is -2.46. The molecule has 3 aromatic rings.